The second-order valence-corrected chi connectivity index (χ2v) is 5.89. The lowest BCUT2D eigenvalue weighted by Gasteiger charge is -2.17. The van der Waals surface area contributed by atoms with Crippen LogP contribution >= 0.6 is 0 Å². The molecular weight excluding hydrogens is 289 g/mol. The second kappa shape index (κ2) is 7.18. The normalized spacial score (nSPS) is 12.3. The summed E-state index contributed by atoms with van der Waals surface area (Å²) in [6.07, 6.45) is 5.23. The minimum Gasteiger partial charge on any atom is -0.252 e. The molecule has 23 heavy (non-hydrogen) atoms. The maximum Gasteiger partial charge on any atom is 0.137 e. The van der Waals surface area contributed by atoms with Gasteiger partial charge in [0.15, 0.2) is 0 Å². The van der Waals surface area contributed by atoms with Crippen LogP contribution in [-0.2, 0) is 13.0 Å². The van der Waals surface area contributed by atoms with Gasteiger partial charge in [-0.05, 0) is 43.0 Å². The van der Waals surface area contributed by atoms with Crippen molar-refractivity contribution in [2.45, 2.75) is 32.2 Å². The molecule has 3 nitrogen and oxygen atoms in total. The molecule has 0 bridgehead atoms. The van der Waals surface area contributed by atoms with Crippen LogP contribution < -0.4 is 0 Å². The van der Waals surface area contributed by atoms with E-state index >= 15 is 0 Å². The zero-order chi connectivity index (χ0) is 16.1. The molecule has 2 aromatic carbocycles. The predicted molar refractivity (Wildman–Crippen MR) is 88.7 cm³/mol. The average Bonchev–Trinajstić information content (AvgIpc) is 3.07. The van der Waals surface area contributed by atoms with E-state index in [1.807, 2.05) is 16.8 Å². The van der Waals surface area contributed by atoms with Gasteiger partial charge in [-0.2, -0.15) is 5.10 Å². The van der Waals surface area contributed by atoms with Gasteiger partial charge in [0.25, 0.3) is 0 Å². The van der Waals surface area contributed by atoms with Crippen LogP contribution in [0.1, 0.15) is 29.0 Å². The van der Waals surface area contributed by atoms with Gasteiger partial charge < -0.3 is 0 Å². The van der Waals surface area contributed by atoms with Crippen molar-refractivity contribution in [2.24, 2.45) is 0 Å². The standard InChI is InChI=1S/C19H20FN3/c1-15-2-4-16(5-3-15)6-7-18(12-23-14-21-13-22-23)17-8-10-19(20)11-9-17/h2-5,8-11,13-14,18H,6-7,12H2,1H3. The molecule has 0 aliphatic rings. The summed E-state index contributed by atoms with van der Waals surface area (Å²) in [7, 11) is 0. The lowest BCUT2D eigenvalue weighted by Crippen LogP contribution is -2.11. The van der Waals surface area contributed by atoms with Crippen molar-refractivity contribution in [3.05, 3.63) is 83.7 Å². The van der Waals surface area contributed by atoms with Gasteiger partial charge in [-0.15, -0.1) is 0 Å². The van der Waals surface area contributed by atoms with Gasteiger partial charge in [0.1, 0.15) is 18.5 Å². The van der Waals surface area contributed by atoms with E-state index in [-0.39, 0.29) is 11.7 Å². The Morgan fingerprint density at radius 2 is 1.78 bits per heavy atom. The topological polar surface area (TPSA) is 30.7 Å². The zero-order valence-electron chi connectivity index (χ0n) is 13.2. The molecule has 0 radical (unpaired) electrons. The van der Waals surface area contributed by atoms with Crippen LogP contribution in [0.2, 0.25) is 0 Å². The van der Waals surface area contributed by atoms with Gasteiger partial charge in [-0.25, -0.2) is 9.37 Å². The van der Waals surface area contributed by atoms with Gasteiger partial charge in [0.05, 0.1) is 0 Å². The number of benzene rings is 2. The fourth-order valence-electron chi connectivity index (χ4n) is 2.75. The highest BCUT2D eigenvalue weighted by molar-refractivity contribution is 5.23. The molecule has 0 spiro atoms. The molecule has 1 heterocycles. The minimum absolute atomic E-state index is 0.202. The first-order valence-electron chi connectivity index (χ1n) is 7.84. The van der Waals surface area contributed by atoms with Crippen molar-refractivity contribution in [3.63, 3.8) is 0 Å². The Kier molecular flexibility index (Phi) is 4.81. The highest BCUT2D eigenvalue weighted by atomic mass is 19.1. The number of aryl methyl sites for hydroxylation is 2. The minimum atomic E-state index is -0.202. The Balaban J connectivity index is 1.74. The highest BCUT2D eigenvalue weighted by Crippen LogP contribution is 2.24. The molecule has 0 saturated heterocycles. The molecule has 1 aromatic heterocycles. The van der Waals surface area contributed by atoms with Crippen molar-refractivity contribution in [1.29, 1.82) is 0 Å². The fourth-order valence-corrected chi connectivity index (χ4v) is 2.75. The Hall–Kier alpha value is -2.49. The van der Waals surface area contributed by atoms with E-state index in [9.17, 15) is 4.39 Å². The van der Waals surface area contributed by atoms with Crippen LogP contribution in [0.4, 0.5) is 4.39 Å². The van der Waals surface area contributed by atoms with Crippen LogP contribution in [0.15, 0.2) is 61.2 Å². The molecule has 1 atom stereocenters. The first-order chi connectivity index (χ1) is 11.2. The van der Waals surface area contributed by atoms with Crippen molar-refractivity contribution in [1.82, 2.24) is 14.8 Å². The van der Waals surface area contributed by atoms with Gasteiger partial charge in [0.2, 0.25) is 0 Å². The maximum absolute atomic E-state index is 13.2. The summed E-state index contributed by atoms with van der Waals surface area (Å²) >= 11 is 0. The van der Waals surface area contributed by atoms with Crippen molar-refractivity contribution in [3.8, 4) is 0 Å². The molecule has 0 N–H and O–H groups in total. The predicted octanol–water partition coefficient (Wildman–Crippen LogP) is 4.14. The summed E-state index contributed by atoms with van der Waals surface area (Å²) < 4.78 is 15.0. The van der Waals surface area contributed by atoms with E-state index in [4.69, 9.17) is 0 Å². The molecule has 0 saturated carbocycles. The van der Waals surface area contributed by atoms with E-state index in [0.29, 0.717) is 0 Å². The van der Waals surface area contributed by atoms with Crippen molar-refractivity contribution in [2.75, 3.05) is 0 Å². The lowest BCUT2D eigenvalue weighted by atomic mass is 9.92. The smallest absolute Gasteiger partial charge is 0.137 e. The maximum atomic E-state index is 13.2. The molecule has 118 valence electrons. The fraction of sp³-hybridized carbons (Fsp3) is 0.263. The average molecular weight is 309 g/mol. The van der Waals surface area contributed by atoms with Gasteiger partial charge in [-0.1, -0.05) is 42.0 Å². The molecule has 1 unspecified atom stereocenters. The number of nitrogens with zero attached hydrogens (tertiary/aromatic N) is 3. The van der Waals surface area contributed by atoms with E-state index in [1.165, 1.54) is 23.3 Å². The van der Waals surface area contributed by atoms with Crippen LogP contribution in [0.5, 0.6) is 0 Å². The third-order valence-corrected chi connectivity index (χ3v) is 4.12. The Morgan fingerprint density at radius 1 is 1.04 bits per heavy atom. The molecule has 0 fully saturated rings. The van der Waals surface area contributed by atoms with Crippen LogP contribution in [0, 0.1) is 12.7 Å². The van der Waals surface area contributed by atoms with Gasteiger partial charge in [0, 0.05) is 12.5 Å². The molecular formula is C19H20FN3. The van der Waals surface area contributed by atoms with E-state index < -0.39 is 0 Å². The number of hydrogen-bond donors (Lipinski definition) is 0. The van der Waals surface area contributed by atoms with Crippen molar-refractivity contribution >= 4 is 0 Å². The molecule has 4 heteroatoms. The molecule has 3 aromatic rings. The summed E-state index contributed by atoms with van der Waals surface area (Å²) in [5.74, 6) is 0.0744. The Bertz CT molecular complexity index is 718. The Morgan fingerprint density at radius 3 is 2.43 bits per heavy atom. The molecule has 0 amide bonds. The van der Waals surface area contributed by atoms with E-state index in [2.05, 4.69) is 41.3 Å². The summed E-state index contributed by atoms with van der Waals surface area (Å²) in [4.78, 5) is 4.00. The summed E-state index contributed by atoms with van der Waals surface area (Å²) in [6, 6.07) is 15.4. The highest BCUT2D eigenvalue weighted by Gasteiger charge is 2.13. The van der Waals surface area contributed by atoms with Crippen LogP contribution in [0.25, 0.3) is 0 Å². The summed E-state index contributed by atoms with van der Waals surface area (Å²) in [5, 5.41) is 4.20. The molecule has 0 aliphatic heterocycles. The summed E-state index contributed by atoms with van der Waals surface area (Å²) in [6.45, 7) is 2.84. The number of aromatic nitrogens is 3. The molecule has 3 rings (SSSR count). The van der Waals surface area contributed by atoms with Crippen LogP contribution in [0.3, 0.4) is 0 Å². The largest absolute Gasteiger partial charge is 0.252 e. The van der Waals surface area contributed by atoms with Gasteiger partial charge in [-0.3, -0.25) is 4.68 Å². The molecule has 0 aliphatic carbocycles. The third-order valence-electron chi connectivity index (χ3n) is 4.12. The van der Waals surface area contributed by atoms with E-state index in [0.717, 1.165) is 24.9 Å². The third kappa shape index (κ3) is 4.25. The lowest BCUT2D eigenvalue weighted by molar-refractivity contribution is 0.487. The second-order valence-electron chi connectivity index (χ2n) is 5.89. The van der Waals surface area contributed by atoms with Crippen LogP contribution in [-0.4, -0.2) is 14.8 Å². The first-order valence-corrected chi connectivity index (χ1v) is 7.84. The van der Waals surface area contributed by atoms with Gasteiger partial charge >= 0.3 is 0 Å². The zero-order valence-corrected chi connectivity index (χ0v) is 13.2. The van der Waals surface area contributed by atoms with E-state index in [1.54, 1.807) is 12.7 Å². The SMILES string of the molecule is Cc1ccc(CCC(Cn2cncn2)c2ccc(F)cc2)cc1. The Labute approximate surface area is 135 Å². The number of rotatable bonds is 6. The quantitative estimate of drug-likeness (QED) is 0.685. The number of hydrogen-bond acceptors (Lipinski definition) is 2. The number of halogens is 1. The van der Waals surface area contributed by atoms with Crippen molar-refractivity contribution < 1.29 is 4.39 Å². The summed E-state index contributed by atoms with van der Waals surface area (Å²) in [5.41, 5.74) is 3.72. The monoisotopic (exact) mass is 309 g/mol. The first kappa shape index (κ1) is 15.4.